The zero-order valence-electron chi connectivity index (χ0n) is 10.8. The Bertz CT molecular complexity index is 531. The van der Waals surface area contributed by atoms with Gasteiger partial charge >= 0.3 is 0 Å². The van der Waals surface area contributed by atoms with Gasteiger partial charge in [0.25, 0.3) is 0 Å². The van der Waals surface area contributed by atoms with E-state index in [0.717, 1.165) is 29.0 Å². The van der Waals surface area contributed by atoms with Crippen LogP contribution in [-0.2, 0) is 11.9 Å². The molecule has 0 aliphatic rings. The summed E-state index contributed by atoms with van der Waals surface area (Å²) in [6.45, 7) is 3.95. The van der Waals surface area contributed by atoms with Crippen LogP contribution in [0.25, 0.3) is 0 Å². The molecule has 0 bridgehead atoms. The SMILES string of the molecule is CCN(Cc1ccncc1)c1cccc(Cl)c1CBr. The van der Waals surface area contributed by atoms with E-state index >= 15 is 0 Å². The number of benzene rings is 1. The molecule has 0 saturated carbocycles. The van der Waals surface area contributed by atoms with Crippen molar-refractivity contribution >= 4 is 33.2 Å². The molecule has 1 aromatic carbocycles. The van der Waals surface area contributed by atoms with Crippen molar-refractivity contribution in [1.82, 2.24) is 4.98 Å². The number of nitrogens with zero attached hydrogens (tertiary/aromatic N) is 2. The summed E-state index contributed by atoms with van der Waals surface area (Å²) < 4.78 is 0. The summed E-state index contributed by atoms with van der Waals surface area (Å²) in [4.78, 5) is 6.37. The van der Waals surface area contributed by atoms with Crippen molar-refractivity contribution in [2.45, 2.75) is 18.8 Å². The van der Waals surface area contributed by atoms with E-state index in [4.69, 9.17) is 11.6 Å². The minimum Gasteiger partial charge on any atom is -0.367 e. The van der Waals surface area contributed by atoms with E-state index in [-0.39, 0.29) is 0 Å². The molecule has 0 spiro atoms. The zero-order valence-corrected chi connectivity index (χ0v) is 13.2. The van der Waals surface area contributed by atoms with Crippen LogP contribution in [0.1, 0.15) is 18.1 Å². The molecule has 1 aromatic heterocycles. The van der Waals surface area contributed by atoms with E-state index in [0.29, 0.717) is 0 Å². The van der Waals surface area contributed by atoms with Crippen LogP contribution in [0.4, 0.5) is 5.69 Å². The molecule has 0 aliphatic heterocycles. The number of rotatable bonds is 5. The Morgan fingerprint density at radius 1 is 1.21 bits per heavy atom. The lowest BCUT2D eigenvalue weighted by Gasteiger charge is -2.26. The highest BCUT2D eigenvalue weighted by molar-refractivity contribution is 9.08. The Balaban J connectivity index is 2.30. The summed E-state index contributed by atoms with van der Waals surface area (Å²) in [5.74, 6) is 0. The van der Waals surface area contributed by atoms with Gasteiger partial charge in [0.15, 0.2) is 0 Å². The number of halogens is 2. The molecule has 0 saturated heterocycles. The summed E-state index contributed by atoms with van der Waals surface area (Å²) in [6.07, 6.45) is 3.65. The van der Waals surface area contributed by atoms with Crippen molar-refractivity contribution in [3.63, 3.8) is 0 Å². The van der Waals surface area contributed by atoms with Crippen LogP contribution in [0.3, 0.4) is 0 Å². The number of hydrogen-bond acceptors (Lipinski definition) is 2. The summed E-state index contributed by atoms with van der Waals surface area (Å²) in [7, 11) is 0. The van der Waals surface area contributed by atoms with Gasteiger partial charge in [-0.15, -0.1) is 0 Å². The highest BCUT2D eigenvalue weighted by atomic mass is 79.9. The predicted molar refractivity (Wildman–Crippen MR) is 85.0 cm³/mol. The fraction of sp³-hybridized carbons (Fsp3) is 0.267. The monoisotopic (exact) mass is 338 g/mol. The van der Waals surface area contributed by atoms with Gasteiger partial charge in [-0.3, -0.25) is 4.98 Å². The van der Waals surface area contributed by atoms with Crippen molar-refractivity contribution < 1.29 is 0 Å². The first-order valence-electron chi connectivity index (χ1n) is 6.23. The third-order valence-corrected chi connectivity index (χ3v) is 3.99. The maximum atomic E-state index is 6.27. The number of anilines is 1. The number of alkyl halides is 1. The second-order valence-electron chi connectivity index (χ2n) is 4.24. The van der Waals surface area contributed by atoms with Crippen LogP contribution in [0, 0.1) is 0 Å². The molecule has 0 unspecified atom stereocenters. The molecule has 0 atom stereocenters. The molecular formula is C15H16BrClN2. The predicted octanol–water partition coefficient (Wildman–Crippen LogP) is 4.66. The minimum absolute atomic E-state index is 0.759. The van der Waals surface area contributed by atoms with Crippen LogP contribution in [0.2, 0.25) is 5.02 Å². The highest BCUT2D eigenvalue weighted by Gasteiger charge is 2.12. The van der Waals surface area contributed by atoms with Gasteiger partial charge in [-0.1, -0.05) is 33.6 Å². The summed E-state index contributed by atoms with van der Waals surface area (Å²) in [5.41, 5.74) is 3.57. The zero-order chi connectivity index (χ0) is 13.7. The summed E-state index contributed by atoms with van der Waals surface area (Å²) >= 11 is 9.79. The van der Waals surface area contributed by atoms with Crippen LogP contribution in [-0.4, -0.2) is 11.5 Å². The number of aromatic nitrogens is 1. The fourth-order valence-corrected chi connectivity index (χ4v) is 3.04. The average Bonchev–Trinajstić information content (AvgIpc) is 2.45. The molecule has 1 heterocycles. The molecule has 2 nitrogen and oxygen atoms in total. The normalized spacial score (nSPS) is 10.5. The Morgan fingerprint density at radius 3 is 2.58 bits per heavy atom. The van der Waals surface area contributed by atoms with E-state index in [9.17, 15) is 0 Å². The van der Waals surface area contributed by atoms with Crippen LogP contribution < -0.4 is 4.90 Å². The lowest BCUT2D eigenvalue weighted by Crippen LogP contribution is -2.23. The second kappa shape index (κ2) is 6.92. The number of hydrogen-bond donors (Lipinski definition) is 0. The van der Waals surface area contributed by atoms with Gasteiger partial charge in [0.2, 0.25) is 0 Å². The Morgan fingerprint density at radius 2 is 1.95 bits per heavy atom. The molecule has 0 fully saturated rings. The van der Waals surface area contributed by atoms with Gasteiger partial charge in [-0.2, -0.15) is 0 Å². The Hall–Kier alpha value is -1.06. The van der Waals surface area contributed by atoms with Crippen LogP contribution in [0.15, 0.2) is 42.7 Å². The Labute approximate surface area is 127 Å². The summed E-state index contributed by atoms with van der Waals surface area (Å²) in [5, 5.41) is 1.57. The first kappa shape index (κ1) is 14.4. The Kier molecular flexibility index (Phi) is 5.23. The van der Waals surface area contributed by atoms with Crippen molar-refractivity contribution in [3.8, 4) is 0 Å². The third kappa shape index (κ3) is 3.48. The second-order valence-corrected chi connectivity index (χ2v) is 5.21. The van der Waals surface area contributed by atoms with Gasteiger partial charge in [0.05, 0.1) is 0 Å². The topological polar surface area (TPSA) is 16.1 Å². The van der Waals surface area contributed by atoms with Gasteiger partial charge < -0.3 is 4.90 Å². The fourth-order valence-electron chi connectivity index (χ4n) is 2.05. The molecule has 19 heavy (non-hydrogen) atoms. The first-order chi connectivity index (χ1) is 9.26. The molecule has 4 heteroatoms. The maximum absolute atomic E-state index is 6.27. The van der Waals surface area contributed by atoms with Crippen molar-refractivity contribution in [3.05, 3.63) is 58.9 Å². The molecular weight excluding hydrogens is 324 g/mol. The van der Waals surface area contributed by atoms with Gasteiger partial charge in [0, 0.05) is 47.1 Å². The van der Waals surface area contributed by atoms with E-state index in [1.807, 2.05) is 36.7 Å². The third-order valence-electron chi connectivity index (χ3n) is 3.07. The molecule has 2 aromatic rings. The molecule has 100 valence electrons. The summed E-state index contributed by atoms with van der Waals surface area (Å²) in [6, 6.07) is 10.1. The lowest BCUT2D eigenvalue weighted by atomic mass is 10.1. The number of pyridine rings is 1. The van der Waals surface area contributed by atoms with Gasteiger partial charge in [-0.05, 0) is 36.8 Å². The molecule has 0 aliphatic carbocycles. The lowest BCUT2D eigenvalue weighted by molar-refractivity contribution is 0.826. The molecule has 2 rings (SSSR count). The minimum atomic E-state index is 0.759. The largest absolute Gasteiger partial charge is 0.367 e. The highest BCUT2D eigenvalue weighted by Crippen LogP contribution is 2.30. The van der Waals surface area contributed by atoms with Gasteiger partial charge in [0.1, 0.15) is 0 Å². The molecule has 0 amide bonds. The maximum Gasteiger partial charge on any atom is 0.0467 e. The van der Waals surface area contributed by atoms with Crippen molar-refractivity contribution in [2.24, 2.45) is 0 Å². The van der Waals surface area contributed by atoms with Gasteiger partial charge in [-0.25, -0.2) is 0 Å². The van der Waals surface area contributed by atoms with E-state index in [2.05, 4.69) is 38.8 Å². The quantitative estimate of drug-likeness (QED) is 0.737. The smallest absolute Gasteiger partial charge is 0.0467 e. The average molecular weight is 340 g/mol. The van der Waals surface area contributed by atoms with Crippen LogP contribution in [0.5, 0.6) is 0 Å². The molecule has 0 radical (unpaired) electrons. The van der Waals surface area contributed by atoms with Crippen molar-refractivity contribution in [1.29, 1.82) is 0 Å². The van der Waals surface area contributed by atoms with Crippen molar-refractivity contribution in [2.75, 3.05) is 11.4 Å². The van der Waals surface area contributed by atoms with Crippen LogP contribution >= 0.6 is 27.5 Å². The van der Waals surface area contributed by atoms with E-state index in [1.165, 1.54) is 11.3 Å². The standard InChI is InChI=1S/C15H16BrClN2/c1-2-19(11-12-6-8-18-9-7-12)15-5-3-4-14(17)13(15)10-16/h3-9H,2,10-11H2,1H3. The first-order valence-corrected chi connectivity index (χ1v) is 7.73. The van der Waals surface area contributed by atoms with E-state index < -0.39 is 0 Å². The molecule has 0 N–H and O–H groups in total. The van der Waals surface area contributed by atoms with E-state index in [1.54, 1.807) is 0 Å².